The van der Waals surface area contributed by atoms with Gasteiger partial charge < -0.3 is 11.1 Å². The second-order valence-corrected chi connectivity index (χ2v) is 3.93. The van der Waals surface area contributed by atoms with E-state index in [4.69, 9.17) is 5.73 Å². The van der Waals surface area contributed by atoms with Crippen molar-refractivity contribution < 1.29 is 13.2 Å². The molecule has 86 valence electrons. The second-order valence-electron chi connectivity index (χ2n) is 3.04. The summed E-state index contributed by atoms with van der Waals surface area (Å²) < 4.78 is 35.2. The molecule has 15 heavy (non-hydrogen) atoms. The Labute approximate surface area is 89.5 Å². The first-order valence-corrected chi connectivity index (χ1v) is 5.33. The minimum Gasteiger partial charge on any atom is -0.375 e. The Kier molecular flexibility index (Phi) is 4.34. The van der Waals surface area contributed by atoms with Gasteiger partial charge in [-0.1, -0.05) is 0 Å². The van der Waals surface area contributed by atoms with E-state index in [1.54, 1.807) is 5.38 Å². The highest BCUT2D eigenvalue weighted by atomic mass is 32.1. The van der Waals surface area contributed by atoms with E-state index in [2.05, 4.69) is 10.3 Å². The van der Waals surface area contributed by atoms with Crippen molar-refractivity contribution >= 4 is 16.5 Å². The molecule has 1 aromatic rings. The number of alkyl halides is 3. The number of halogens is 3. The van der Waals surface area contributed by atoms with E-state index in [9.17, 15) is 13.2 Å². The summed E-state index contributed by atoms with van der Waals surface area (Å²) in [5.74, 6) is 0. The highest BCUT2D eigenvalue weighted by Gasteiger charge is 2.25. The molecule has 1 rings (SSSR count). The van der Waals surface area contributed by atoms with Gasteiger partial charge in [-0.05, 0) is 0 Å². The van der Waals surface area contributed by atoms with Crippen LogP contribution in [-0.2, 0) is 6.42 Å². The van der Waals surface area contributed by atoms with E-state index < -0.39 is 12.6 Å². The minimum absolute atomic E-state index is 0.0525. The van der Waals surface area contributed by atoms with Crippen LogP contribution in [0.5, 0.6) is 0 Å². The van der Waals surface area contributed by atoms with Gasteiger partial charge in [0, 0.05) is 24.9 Å². The molecule has 0 amide bonds. The molecular formula is C8H12F3N3S. The number of nitrogen functional groups attached to an aromatic ring is 1. The molecule has 0 bridgehead atoms. The summed E-state index contributed by atoms with van der Waals surface area (Å²) in [5.41, 5.74) is 6.22. The van der Waals surface area contributed by atoms with Crippen molar-refractivity contribution in [3.8, 4) is 0 Å². The van der Waals surface area contributed by atoms with Crippen molar-refractivity contribution in [3.63, 3.8) is 0 Å². The summed E-state index contributed by atoms with van der Waals surface area (Å²) in [6.45, 7) is 0.433. The quantitative estimate of drug-likeness (QED) is 0.770. The zero-order valence-corrected chi connectivity index (χ0v) is 8.79. The molecule has 0 unspecified atom stereocenters. The highest BCUT2D eigenvalue weighted by Crippen LogP contribution is 2.18. The van der Waals surface area contributed by atoms with Gasteiger partial charge in [0.15, 0.2) is 5.13 Å². The second kappa shape index (κ2) is 5.32. The number of anilines is 1. The summed E-state index contributed by atoms with van der Waals surface area (Å²) in [7, 11) is 0. The Morgan fingerprint density at radius 1 is 1.40 bits per heavy atom. The average Bonchev–Trinajstić information content (AvgIpc) is 2.49. The molecule has 1 aromatic heterocycles. The van der Waals surface area contributed by atoms with E-state index in [0.29, 0.717) is 18.1 Å². The van der Waals surface area contributed by atoms with Crippen molar-refractivity contribution in [1.29, 1.82) is 0 Å². The van der Waals surface area contributed by atoms with Crippen LogP contribution in [-0.4, -0.2) is 24.2 Å². The van der Waals surface area contributed by atoms with Crippen molar-refractivity contribution in [2.24, 2.45) is 0 Å². The fraction of sp³-hybridized carbons (Fsp3) is 0.625. The van der Waals surface area contributed by atoms with Crippen molar-refractivity contribution in [1.82, 2.24) is 10.3 Å². The van der Waals surface area contributed by atoms with Crippen LogP contribution in [0.25, 0.3) is 0 Å². The standard InChI is InChI=1S/C8H12F3N3S/c9-8(10,11)2-4-13-3-1-6-5-15-7(12)14-6/h5,13H,1-4H2,(H2,12,14). The molecule has 3 N–H and O–H groups in total. The van der Waals surface area contributed by atoms with Gasteiger partial charge >= 0.3 is 6.18 Å². The fourth-order valence-electron chi connectivity index (χ4n) is 1.01. The molecule has 0 saturated carbocycles. The van der Waals surface area contributed by atoms with Gasteiger partial charge in [-0.25, -0.2) is 4.98 Å². The maximum atomic E-state index is 11.7. The molecule has 0 saturated heterocycles. The van der Waals surface area contributed by atoms with Crippen molar-refractivity contribution in [2.45, 2.75) is 19.0 Å². The molecular weight excluding hydrogens is 227 g/mol. The number of nitrogens with two attached hydrogens (primary N) is 1. The molecule has 0 aliphatic rings. The summed E-state index contributed by atoms with van der Waals surface area (Å²) in [4.78, 5) is 3.99. The Hall–Kier alpha value is -0.820. The molecule has 0 aromatic carbocycles. The smallest absolute Gasteiger partial charge is 0.375 e. The molecule has 0 aliphatic heterocycles. The summed E-state index contributed by atoms with van der Waals surface area (Å²) in [6, 6.07) is 0. The van der Waals surface area contributed by atoms with Crippen LogP contribution in [0.1, 0.15) is 12.1 Å². The molecule has 0 radical (unpaired) electrons. The summed E-state index contributed by atoms with van der Waals surface area (Å²) in [5, 5.41) is 5.00. The average molecular weight is 239 g/mol. The van der Waals surface area contributed by atoms with Crippen LogP contribution < -0.4 is 11.1 Å². The first-order valence-electron chi connectivity index (χ1n) is 4.45. The third-order valence-corrected chi connectivity index (χ3v) is 2.44. The first-order chi connectivity index (χ1) is 6.97. The lowest BCUT2D eigenvalue weighted by Crippen LogP contribution is -2.23. The Balaban J connectivity index is 2.07. The van der Waals surface area contributed by atoms with Gasteiger partial charge in [0.2, 0.25) is 0 Å². The maximum Gasteiger partial charge on any atom is 0.390 e. The van der Waals surface area contributed by atoms with Gasteiger partial charge in [0.1, 0.15) is 0 Å². The largest absolute Gasteiger partial charge is 0.390 e. The van der Waals surface area contributed by atoms with E-state index in [0.717, 1.165) is 5.69 Å². The molecule has 0 aliphatic carbocycles. The molecule has 0 spiro atoms. The molecule has 3 nitrogen and oxygen atoms in total. The van der Waals surface area contributed by atoms with Crippen molar-refractivity contribution in [2.75, 3.05) is 18.8 Å². The predicted octanol–water partition coefficient (Wildman–Crippen LogP) is 1.81. The number of nitrogens with one attached hydrogen (secondary N) is 1. The van der Waals surface area contributed by atoms with E-state index in [1.807, 2.05) is 0 Å². The molecule has 1 heterocycles. The van der Waals surface area contributed by atoms with Gasteiger partial charge in [-0.3, -0.25) is 0 Å². The predicted molar refractivity (Wildman–Crippen MR) is 53.8 cm³/mol. The van der Waals surface area contributed by atoms with Crippen LogP contribution >= 0.6 is 11.3 Å². The fourth-order valence-corrected chi connectivity index (χ4v) is 1.61. The number of nitrogens with zero attached hydrogens (tertiary/aromatic N) is 1. The maximum absolute atomic E-state index is 11.7. The normalized spacial score (nSPS) is 11.9. The number of hydrogen-bond acceptors (Lipinski definition) is 4. The third kappa shape index (κ3) is 5.58. The molecule has 0 atom stereocenters. The van der Waals surface area contributed by atoms with Gasteiger partial charge in [0.25, 0.3) is 0 Å². The third-order valence-electron chi connectivity index (χ3n) is 1.71. The molecule has 0 fully saturated rings. The minimum atomic E-state index is -4.09. The Bertz CT molecular complexity index is 298. The van der Waals surface area contributed by atoms with Crippen LogP contribution in [0.15, 0.2) is 5.38 Å². The zero-order chi connectivity index (χ0) is 11.3. The number of rotatable bonds is 5. The van der Waals surface area contributed by atoms with E-state index in [1.165, 1.54) is 11.3 Å². The number of aromatic nitrogens is 1. The Morgan fingerprint density at radius 3 is 2.67 bits per heavy atom. The lowest BCUT2D eigenvalue weighted by atomic mass is 10.3. The highest BCUT2D eigenvalue weighted by molar-refractivity contribution is 7.13. The van der Waals surface area contributed by atoms with Gasteiger partial charge in [-0.15, -0.1) is 11.3 Å². The lowest BCUT2D eigenvalue weighted by molar-refractivity contribution is -0.133. The van der Waals surface area contributed by atoms with Crippen LogP contribution in [0, 0.1) is 0 Å². The number of thiazole rings is 1. The van der Waals surface area contributed by atoms with E-state index in [-0.39, 0.29) is 6.54 Å². The van der Waals surface area contributed by atoms with Crippen LogP contribution in [0.2, 0.25) is 0 Å². The summed E-state index contributed by atoms with van der Waals surface area (Å²) in [6.07, 6.45) is -4.28. The first kappa shape index (κ1) is 12.3. The van der Waals surface area contributed by atoms with Gasteiger partial charge in [0.05, 0.1) is 12.1 Å². The summed E-state index contributed by atoms with van der Waals surface area (Å²) >= 11 is 1.33. The SMILES string of the molecule is Nc1nc(CCNCCC(F)(F)F)cs1. The number of hydrogen-bond donors (Lipinski definition) is 2. The van der Waals surface area contributed by atoms with E-state index >= 15 is 0 Å². The zero-order valence-electron chi connectivity index (χ0n) is 7.97. The van der Waals surface area contributed by atoms with Gasteiger partial charge in [-0.2, -0.15) is 13.2 Å². The van der Waals surface area contributed by atoms with Crippen LogP contribution in [0.4, 0.5) is 18.3 Å². The van der Waals surface area contributed by atoms with Crippen LogP contribution in [0.3, 0.4) is 0 Å². The van der Waals surface area contributed by atoms with Crippen molar-refractivity contribution in [3.05, 3.63) is 11.1 Å². The molecule has 7 heteroatoms. The Morgan fingerprint density at radius 2 is 2.13 bits per heavy atom. The monoisotopic (exact) mass is 239 g/mol. The topological polar surface area (TPSA) is 50.9 Å². The lowest BCUT2D eigenvalue weighted by Gasteiger charge is -2.06.